The predicted octanol–water partition coefficient (Wildman–Crippen LogP) is -5.15. The van der Waals surface area contributed by atoms with E-state index in [2.05, 4.69) is 26.6 Å². The van der Waals surface area contributed by atoms with Crippen LogP contribution < -0.4 is 32.3 Å². The number of rotatable bonds is 21. The Bertz CT molecular complexity index is 1270. The summed E-state index contributed by atoms with van der Waals surface area (Å²) in [7, 11) is 0. The van der Waals surface area contributed by atoms with Crippen molar-refractivity contribution in [3.8, 4) is 0 Å². The molecule has 51 heavy (non-hydrogen) atoms. The first-order valence-electron chi connectivity index (χ1n) is 15.9. The highest BCUT2D eigenvalue weighted by atomic mass is 16.6. The second kappa shape index (κ2) is 21.0. The van der Waals surface area contributed by atoms with Crippen LogP contribution in [0.2, 0.25) is 0 Å². The number of aliphatic carboxylic acids is 3. The van der Waals surface area contributed by atoms with E-state index in [1.54, 1.807) is 0 Å². The van der Waals surface area contributed by atoms with Crippen molar-refractivity contribution in [2.75, 3.05) is 6.61 Å². The molecular formula is C29H48N6O16. The minimum absolute atomic E-state index is 0.0467. The summed E-state index contributed by atoms with van der Waals surface area (Å²) in [5, 5.41) is 69.3. The molecule has 0 aliphatic carbocycles. The van der Waals surface area contributed by atoms with Gasteiger partial charge in [0.25, 0.3) is 0 Å². The van der Waals surface area contributed by atoms with Crippen molar-refractivity contribution >= 4 is 47.4 Å². The van der Waals surface area contributed by atoms with Crippen molar-refractivity contribution in [2.24, 2.45) is 5.73 Å². The molecule has 1 heterocycles. The van der Waals surface area contributed by atoms with E-state index >= 15 is 0 Å². The number of amides is 5. The van der Waals surface area contributed by atoms with E-state index in [0.717, 1.165) is 6.92 Å². The highest BCUT2D eigenvalue weighted by molar-refractivity contribution is 5.92. The normalized spacial score (nSPS) is 23.6. The number of nitrogens with two attached hydrogens (primary N) is 1. The van der Waals surface area contributed by atoms with Crippen LogP contribution in [-0.2, 0) is 47.8 Å². The van der Waals surface area contributed by atoms with Gasteiger partial charge in [-0.25, -0.2) is 4.79 Å². The largest absolute Gasteiger partial charge is 0.480 e. The number of ether oxygens (including phenoxy) is 2. The predicted molar refractivity (Wildman–Crippen MR) is 169 cm³/mol. The lowest BCUT2D eigenvalue weighted by molar-refractivity contribution is -0.266. The first-order chi connectivity index (χ1) is 23.7. The Morgan fingerprint density at radius 1 is 0.765 bits per heavy atom. The maximum atomic E-state index is 12.8. The molecule has 0 spiro atoms. The van der Waals surface area contributed by atoms with Gasteiger partial charge < -0.3 is 72.4 Å². The van der Waals surface area contributed by atoms with Gasteiger partial charge in [-0.1, -0.05) is 0 Å². The van der Waals surface area contributed by atoms with Crippen molar-refractivity contribution in [1.82, 2.24) is 26.6 Å². The minimum Gasteiger partial charge on any atom is -0.480 e. The van der Waals surface area contributed by atoms with Crippen molar-refractivity contribution in [2.45, 2.75) is 127 Å². The van der Waals surface area contributed by atoms with Gasteiger partial charge in [0.2, 0.25) is 29.5 Å². The number of carboxylic acids is 3. The third-order valence-corrected chi connectivity index (χ3v) is 7.71. The zero-order chi connectivity index (χ0) is 39.2. The van der Waals surface area contributed by atoms with Crippen LogP contribution in [-0.4, -0.2) is 152 Å². The Kier molecular flexibility index (Phi) is 18.4. The van der Waals surface area contributed by atoms with Gasteiger partial charge in [-0.3, -0.25) is 33.6 Å². The second-order valence-corrected chi connectivity index (χ2v) is 11.9. The van der Waals surface area contributed by atoms with E-state index < -0.39 is 134 Å². The van der Waals surface area contributed by atoms with Crippen molar-refractivity contribution < 1.29 is 78.5 Å². The summed E-state index contributed by atoms with van der Waals surface area (Å²) in [5.41, 5.74) is 5.46. The third kappa shape index (κ3) is 14.7. The maximum Gasteiger partial charge on any atom is 0.326 e. The molecule has 1 saturated heterocycles. The molecule has 1 unspecified atom stereocenters. The third-order valence-electron chi connectivity index (χ3n) is 7.71. The Labute approximate surface area is 291 Å². The lowest BCUT2D eigenvalue weighted by Gasteiger charge is -2.43. The number of carbonyl (C=O) groups is 8. The number of hydrogen-bond donors (Lipinski definition) is 12. The van der Waals surface area contributed by atoms with E-state index in [9.17, 15) is 58.8 Å². The van der Waals surface area contributed by atoms with Gasteiger partial charge in [-0.15, -0.1) is 0 Å². The van der Waals surface area contributed by atoms with Crippen molar-refractivity contribution in [3.63, 3.8) is 0 Å². The van der Waals surface area contributed by atoms with Crippen molar-refractivity contribution in [3.05, 3.63) is 0 Å². The van der Waals surface area contributed by atoms with E-state index in [1.165, 1.54) is 20.8 Å². The molecule has 0 aromatic carbocycles. The molecule has 0 aromatic rings. The smallest absolute Gasteiger partial charge is 0.326 e. The number of carboxylic acid groups (broad SMARTS) is 3. The molecule has 5 amide bonds. The van der Waals surface area contributed by atoms with Crippen LogP contribution in [0, 0.1) is 0 Å². The summed E-state index contributed by atoms with van der Waals surface area (Å²) < 4.78 is 10.7. The zero-order valence-electron chi connectivity index (χ0n) is 28.4. The number of carbonyl (C=O) groups excluding carboxylic acids is 5. The quantitative estimate of drug-likeness (QED) is 0.0524. The Morgan fingerprint density at radius 2 is 1.37 bits per heavy atom. The monoisotopic (exact) mass is 736 g/mol. The Hall–Kier alpha value is -4.48. The summed E-state index contributed by atoms with van der Waals surface area (Å²) >= 11 is 0. The van der Waals surface area contributed by atoms with Crippen LogP contribution >= 0.6 is 0 Å². The molecule has 1 aliphatic heterocycles. The first-order valence-corrected chi connectivity index (χ1v) is 15.9. The number of aliphatic hydroxyl groups is 3. The molecule has 1 fully saturated rings. The van der Waals surface area contributed by atoms with Crippen molar-refractivity contribution in [1.29, 1.82) is 0 Å². The summed E-state index contributed by atoms with van der Waals surface area (Å²) in [5.74, 6) is -8.49. The molecule has 0 bridgehead atoms. The zero-order valence-corrected chi connectivity index (χ0v) is 28.4. The summed E-state index contributed by atoms with van der Waals surface area (Å²) in [6.07, 6.45) is -8.71. The van der Waals surface area contributed by atoms with Crippen LogP contribution in [0.5, 0.6) is 0 Å². The maximum absolute atomic E-state index is 12.8. The van der Waals surface area contributed by atoms with Crippen LogP contribution in [0.25, 0.3) is 0 Å². The van der Waals surface area contributed by atoms with E-state index in [4.69, 9.17) is 25.4 Å². The number of aliphatic hydroxyl groups excluding tert-OH is 3. The Morgan fingerprint density at radius 3 is 1.90 bits per heavy atom. The fourth-order valence-corrected chi connectivity index (χ4v) is 4.73. The molecule has 1 rings (SSSR count). The fraction of sp³-hybridized carbons (Fsp3) is 0.724. The topological polar surface area (TPSA) is 363 Å². The number of hydrogen-bond acceptors (Lipinski definition) is 14. The highest BCUT2D eigenvalue weighted by Gasteiger charge is 2.47. The molecule has 11 atom stereocenters. The van der Waals surface area contributed by atoms with Gasteiger partial charge in [-0.2, -0.15) is 0 Å². The van der Waals surface area contributed by atoms with Gasteiger partial charge in [0.15, 0.2) is 6.29 Å². The van der Waals surface area contributed by atoms with Crippen LogP contribution in [0.15, 0.2) is 0 Å². The minimum atomic E-state index is -1.72. The first kappa shape index (κ1) is 44.5. The highest BCUT2D eigenvalue weighted by Crippen LogP contribution is 2.24. The molecule has 0 aromatic heterocycles. The van der Waals surface area contributed by atoms with Gasteiger partial charge in [0.1, 0.15) is 60.7 Å². The van der Waals surface area contributed by atoms with Crippen LogP contribution in [0.3, 0.4) is 0 Å². The molecule has 22 heteroatoms. The molecule has 0 saturated carbocycles. The molecule has 1 aliphatic rings. The summed E-state index contributed by atoms with van der Waals surface area (Å²) in [6, 6.07) is -8.29. The lowest BCUT2D eigenvalue weighted by atomic mass is 9.96. The van der Waals surface area contributed by atoms with E-state index in [-0.39, 0.29) is 19.3 Å². The SMILES string of the molecule is CC(=O)N[C@H]1C(O)O[C@H](CO)[C@@H](O)[C@@H]1O[C@H](C)C(=O)N[C@@H](C)C(=O)N[C@H](CCC(=O)N[C@@H](CCC[C@@H](N)C(=O)O)C(=O)N[C@H](C)C(=O)O)C(=O)O. The van der Waals surface area contributed by atoms with E-state index in [0.29, 0.717) is 0 Å². The standard InChI is InChI=1S/C29H48N6O16/c1-11(31-24(41)13(3)50-22-20(33-14(4)37)29(49)51-18(10-36)21(22)39)23(40)35-17(28(47)48)8-9-19(38)34-16(7-5-6-15(30)27(45)46)25(42)32-12(2)26(43)44/h11-13,15-18,20-22,29,36,39,49H,5-10,30H2,1-4H3,(H,31,41)(H,32,42)(H,33,37)(H,34,38)(H,35,40)(H,43,44)(H,45,46)(H,47,48)/t11-,12+,13+,15+,16-,17+,18+,20+,21+,22+,29?/m0/s1. The summed E-state index contributed by atoms with van der Waals surface area (Å²) in [6.45, 7) is 3.99. The van der Waals surface area contributed by atoms with E-state index in [1.807, 2.05) is 0 Å². The van der Waals surface area contributed by atoms with Crippen LogP contribution in [0.4, 0.5) is 0 Å². The average Bonchev–Trinajstić information content (AvgIpc) is 3.04. The number of nitrogens with one attached hydrogen (secondary N) is 5. The average molecular weight is 737 g/mol. The van der Waals surface area contributed by atoms with Gasteiger partial charge in [0.05, 0.1) is 6.61 Å². The summed E-state index contributed by atoms with van der Waals surface area (Å²) in [4.78, 5) is 96.6. The molecule has 290 valence electrons. The molecule has 13 N–H and O–H groups in total. The Balaban J connectivity index is 2.85. The molecular weight excluding hydrogens is 688 g/mol. The van der Waals surface area contributed by atoms with Crippen LogP contribution in [0.1, 0.15) is 59.8 Å². The second-order valence-electron chi connectivity index (χ2n) is 11.9. The van der Waals surface area contributed by atoms with Gasteiger partial charge >= 0.3 is 17.9 Å². The molecule has 0 radical (unpaired) electrons. The fourth-order valence-electron chi connectivity index (χ4n) is 4.73. The molecule has 22 nitrogen and oxygen atoms in total. The van der Waals surface area contributed by atoms with Gasteiger partial charge in [0, 0.05) is 13.3 Å². The van der Waals surface area contributed by atoms with Gasteiger partial charge in [-0.05, 0) is 46.5 Å². The lowest BCUT2D eigenvalue weighted by Crippen LogP contribution is -2.65.